The van der Waals surface area contributed by atoms with E-state index >= 15 is 0 Å². The molecule has 334 valence electrons. The lowest BCUT2D eigenvalue weighted by molar-refractivity contribution is -0.150. The van der Waals surface area contributed by atoms with Crippen LogP contribution in [0.15, 0.2) is 4.99 Å². The fourth-order valence-corrected chi connectivity index (χ4v) is 7.38. The van der Waals surface area contributed by atoms with Gasteiger partial charge in [-0.2, -0.15) is 5.26 Å². The first-order chi connectivity index (χ1) is 27.9. The van der Waals surface area contributed by atoms with E-state index in [1.807, 2.05) is 25.2 Å². The summed E-state index contributed by atoms with van der Waals surface area (Å²) in [6, 6.07) is 0. The van der Waals surface area contributed by atoms with Gasteiger partial charge in [0.2, 0.25) is 5.96 Å². The van der Waals surface area contributed by atoms with E-state index in [1.165, 1.54) is 128 Å². The number of nitrogens with zero attached hydrogens (tertiary/aromatic N) is 4. The van der Waals surface area contributed by atoms with Crippen LogP contribution < -0.4 is 5.32 Å². The van der Waals surface area contributed by atoms with Crippen LogP contribution in [-0.4, -0.2) is 80.7 Å². The van der Waals surface area contributed by atoms with Crippen LogP contribution >= 0.6 is 0 Å². The van der Waals surface area contributed by atoms with Crippen LogP contribution in [0.2, 0.25) is 0 Å². The first-order valence-electron chi connectivity index (χ1n) is 24.3. The van der Waals surface area contributed by atoms with Gasteiger partial charge in [-0.15, -0.1) is 0 Å². The molecule has 0 heterocycles. The number of hydrogen-bond donors (Lipinski definition) is 1. The lowest BCUT2D eigenvalue weighted by Crippen LogP contribution is -2.34. The van der Waals surface area contributed by atoms with Crippen molar-refractivity contribution in [2.45, 2.75) is 239 Å². The molecule has 9 heteroatoms. The second kappa shape index (κ2) is 43.2. The molecule has 0 saturated carbocycles. The van der Waals surface area contributed by atoms with Gasteiger partial charge in [-0.05, 0) is 83.8 Å². The van der Waals surface area contributed by atoms with Crippen molar-refractivity contribution in [3.63, 3.8) is 0 Å². The zero-order valence-corrected chi connectivity index (χ0v) is 38.4. The van der Waals surface area contributed by atoms with Gasteiger partial charge in [0.05, 0.1) is 6.61 Å². The minimum atomic E-state index is -0.0295. The van der Waals surface area contributed by atoms with Crippen LogP contribution in [0.3, 0.4) is 0 Å². The van der Waals surface area contributed by atoms with Gasteiger partial charge in [-0.25, -0.2) is 0 Å². The summed E-state index contributed by atoms with van der Waals surface area (Å²) < 4.78 is 11.5. The Balaban J connectivity index is 4.48. The van der Waals surface area contributed by atoms with Crippen molar-refractivity contribution < 1.29 is 19.1 Å². The molecule has 0 aromatic carbocycles. The maximum atomic E-state index is 12.8. The molecule has 1 N–H and O–H groups in total. The Labute approximate surface area is 353 Å². The molecule has 0 amide bonds. The number of esters is 2. The van der Waals surface area contributed by atoms with E-state index in [4.69, 9.17) is 14.7 Å². The topological polar surface area (TPSA) is 107 Å². The van der Waals surface area contributed by atoms with Crippen LogP contribution in [0, 0.1) is 11.5 Å². The summed E-state index contributed by atoms with van der Waals surface area (Å²) in [5.74, 6) is 0.584. The van der Waals surface area contributed by atoms with Crippen LogP contribution in [0.1, 0.15) is 233 Å². The van der Waals surface area contributed by atoms with Gasteiger partial charge in [0, 0.05) is 33.5 Å². The summed E-state index contributed by atoms with van der Waals surface area (Å²) in [4.78, 5) is 33.9. The number of nitrogens with one attached hydrogen (secondary N) is 1. The maximum Gasteiger partial charge on any atom is 0.306 e. The molecule has 0 aliphatic heterocycles. The van der Waals surface area contributed by atoms with E-state index in [1.54, 1.807) is 0 Å². The highest BCUT2D eigenvalue weighted by atomic mass is 16.5. The SMILES string of the molecule is CCCCCCCCCC(=O)OCCCCCCCN(CCCCCCCC(=O)OC(CCCCCCC)CCCCCCCC)CCCN=C(NC#N)N(C)C. The van der Waals surface area contributed by atoms with Crippen molar-refractivity contribution in [2.24, 2.45) is 4.99 Å². The second-order valence-corrected chi connectivity index (χ2v) is 16.8. The Morgan fingerprint density at radius 3 is 1.47 bits per heavy atom. The molecule has 0 rings (SSSR count). The smallest absolute Gasteiger partial charge is 0.306 e. The molecular formula is C48H93N5O4. The molecule has 0 aromatic rings. The van der Waals surface area contributed by atoms with E-state index in [0.717, 1.165) is 90.3 Å². The number of unbranched alkanes of at least 4 members (excludes halogenated alkanes) is 23. The minimum Gasteiger partial charge on any atom is -0.466 e. The molecular weight excluding hydrogens is 711 g/mol. The molecule has 1 unspecified atom stereocenters. The molecule has 0 aliphatic rings. The van der Waals surface area contributed by atoms with E-state index in [9.17, 15) is 9.59 Å². The lowest BCUT2D eigenvalue weighted by atomic mass is 10.0. The molecule has 0 aliphatic carbocycles. The lowest BCUT2D eigenvalue weighted by Gasteiger charge is -2.22. The molecule has 9 nitrogen and oxygen atoms in total. The highest BCUT2D eigenvalue weighted by Gasteiger charge is 2.14. The predicted molar refractivity (Wildman–Crippen MR) is 241 cm³/mol. The standard InChI is InChI=1S/C48H93N5O4/c1-6-9-12-15-17-22-29-37-46(54)56-43-33-26-19-25-32-41-53(42-34-39-50-48(51-44-49)52(4)5)40-31-24-18-23-30-38-47(55)57-45(35-27-20-14-11-8-3)36-28-21-16-13-10-7-2/h45H,6-43H2,1-5H3,(H,50,51). The number of ether oxygens (including phenoxy) is 2. The summed E-state index contributed by atoms with van der Waals surface area (Å²) in [7, 11) is 3.79. The van der Waals surface area contributed by atoms with Crippen molar-refractivity contribution >= 4 is 17.9 Å². The Hall–Kier alpha value is -2.34. The Bertz CT molecular complexity index is 969. The summed E-state index contributed by atoms with van der Waals surface area (Å²) in [6.07, 6.45) is 39.7. The van der Waals surface area contributed by atoms with Gasteiger partial charge in [-0.3, -0.25) is 19.9 Å². The molecule has 0 radical (unpaired) electrons. The fraction of sp³-hybridized carbons (Fsp3) is 0.917. The van der Waals surface area contributed by atoms with Crippen molar-refractivity contribution in [1.82, 2.24) is 15.1 Å². The average molecular weight is 804 g/mol. The average Bonchev–Trinajstić information content (AvgIpc) is 3.19. The number of aliphatic imine (C=N–C) groups is 1. The first-order valence-corrected chi connectivity index (χ1v) is 24.3. The van der Waals surface area contributed by atoms with E-state index in [-0.39, 0.29) is 18.0 Å². The second-order valence-electron chi connectivity index (χ2n) is 16.8. The molecule has 0 spiro atoms. The van der Waals surface area contributed by atoms with Gasteiger partial charge < -0.3 is 19.3 Å². The van der Waals surface area contributed by atoms with E-state index in [2.05, 4.69) is 36.0 Å². The number of rotatable bonds is 42. The zero-order valence-electron chi connectivity index (χ0n) is 38.4. The van der Waals surface area contributed by atoms with Gasteiger partial charge in [0.1, 0.15) is 6.10 Å². The normalized spacial score (nSPS) is 12.1. The Morgan fingerprint density at radius 2 is 0.982 bits per heavy atom. The number of guanidine groups is 1. The summed E-state index contributed by atoms with van der Waals surface area (Å²) in [5, 5.41) is 11.7. The number of carbonyl (C=O) groups excluding carboxylic acids is 2. The largest absolute Gasteiger partial charge is 0.466 e. The van der Waals surface area contributed by atoms with Crippen LogP contribution in [0.4, 0.5) is 0 Å². The van der Waals surface area contributed by atoms with Gasteiger partial charge in [0.25, 0.3) is 0 Å². The molecule has 57 heavy (non-hydrogen) atoms. The van der Waals surface area contributed by atoms with Crippen LogP contribution in [0.25, 0.3) is 0 Å². The first kappa shape index (κ1) is 54.7. The van der Waals surface area contributed by atoms with Crippen LogP contribution in [0.5, 0.6) is 0 Å². The van der Waals surface area contributed by atoms with Crippen molar-refractivity contribution in [2.75, 3.05) is 46.9 Å². The highest BCUT2D eigenvalue weighted by molar-refractivity contribution is 5.80. The summed E-state index contributed by atoms with van der Waals surface area (Å²) in [5.41, 5.74) is 0. The van der Waals surface area contributed by atoms with Crippen LogP contribution in [-0.2, 0) is 19.1 Å². The maximum absolute atomic E-state index is 12.8. The fourth-order valence-electron chi connectivity index (χ4n) is 7.38. The highest BCUT2D eigenvalue weighted by Crippen LogP contribution is 2.18. The molecule has 0 bridgehead atoms. The van der Waals surface area contributed by atoms with Crippen molar-refractivity contribution in [3.05, 3.63) is 0 Å². The minimum absolute atomic E-state index is 0.00980. The van der Waals surface area contributed by atoms with Gasteiger partial charge in [0.15, 0.2) is 6.19 Å². The number of nitriles is 1. The summed E-state index contributed by atoms with van der Waals surface area (Å²) in [6.45, 7) is 11.1. The van der Waals surface area contributed by atoms with Gasteiger partial charge in [-0.1, -0.05) is 156 Å². The molecule has 0 fully saturated rings. The molecule has 1 atom stereocenters. The Kier molecular flexibility index (Phi) is 41.5. The zero-order chi connectivity index (χ0) is 41.9. The quantitative estimate of drug-likeness (QED) is 0.0162. The number of carbonyl (C=O) groups is 2. The van der Waals surface area contributed by atoms with E-state index < -0.39 is 0 Å². The van der Waals surface area contributed by atoms with E-state index in [0.29, 0.717) is 32.0 Å². The monoisotopic (exact) mass is 804 g/mol. The summed E-state index contributed by atoms with van der Waals surface area (Å²) >= 11 is 0. The Morgan fingerprint density at radius 1 is 0.561 bits per heavy atom. The van der Waals surface area contributed by atoms with Gasteiger partial charge >= 0.3 is 11.9 Å². The number of hydrogen-bond acceptors (Lipinski definition) is 7. The van der Waals surface area contributed by atoms with Crippen molar-refractivity contribution in [3.8, 4) is 6.19 Å². The third-order valence-corrected chi connectivity index (χ3v) is 11.0. The predicted octanol–water partition coefficient (Wildman–Crippen LogP) is 12.7. The third kappa shape index (κ3) is 38.9. The van der Waals surface area contributed by atoms with Crippen molar-refractivity contribution in [1.29, 1.82) is 5.26 Å². The molecule has 0 saturated heterocycles. The molecule has 0 aromatic heterocycles. The third-order valence-electron chi connectivity index (χ3n) is 11.0.